The second-order valence-electron chi connectivity index (χ2n) is 5.99. The van der Waals surface area contributed by atoms with Crippen molar-refractivity contribution >= 4 is 21.9 Å². The zero-order chi connectivity index (χ0) is 19.2. The fraction of sp³-hybridized carbons (Fsp3) is 0.529. The summed E-state index contributed by atoms with van der Waals surface area (Å²) in [5.41, 5.74) is 0.174. The first kappa shape index (κ1) is 20.3. The summed E-state index contributed by atoms with van der Waals surface area (Å²) in [5, 5.41) is 0. The zero-order valence-corrected chi connectivity index (χ0v) is 15.8. The Balaban J connectivity index is 1.94. The molecule has 0 aliphatic carbocycles. The molecule has 1 amide bonds. The molecule has 0 spiro atoms. The van der Waals surface area contributed by atoms with Crippen LogP contribution < -0.4 is 0 Å². The first-order valence-electron chi connectivity index (χ1n) is 8.44. The molecule has 0 aromatic heterocycles. The fourth-order valence-electron chi connectivity index (χ4n) is 2.63. The fourth-order valence-corrected chi connectivity index (χ4v) is 3.60. The van der Waals surface area contributed by atoms with Gasteiger partial charge in [-0.15, -0.1) is 0 Å². The molecule has 1 saturated heterocycles. The van der Waals surface area contributed by atoms with Gasteiger partial charge in [0.25, 0.3) is 15.9 Å². The van der Waals surface area contributed by atoms with E-state index in [2.05, 4.69) is 0 Å². The van der Waals surface area contributed by atoms with Crippen LogP contribution in [0.3, 0.4) is 0 Å². The summed E-state index contributed by atoms with van der Waals surface area (Å²) in [4.78, 5) is 30.6. The Morgan fingerprint density at radius 2 is 1.65 bits per heavy atom. The van der Waals surface area contributed by atoms with Crippen molar-refractivity contribution in [3.05, 3.63) is 29.8 Å². The van der Waals surface area contributed by atoms with Crippen molar-refractivity contribution in [3.63, 3.8) is 0 Å². The van der Waals surface area contributed by atoms with Gasteiger partial charge in [0.2, 0.25) is 0 Å². The van der Waals surface area contributed by atoms with Crippen molar-refractivity contribution in [3.8, 4) is 0 Å². The summed E-state index contributed by atoms with van der Waals surface area (Å²) in [7, 11) is -1.27. The maximum atomic E-state index is 12.1. The van der Waals surface area contributed by atoms with Crippen molar-refractivity contribution in [1.82, 2.24) is 9.37 Å². The van der Waals surface area contributed by atoms with Crippen molar-refractivity contribution in [1.29, 1.82) is 0 Å². The number of hydrogen-bond acceptors (Lipinski definition) is 6. The molecule has 26 heavy (non-hydrogen) atoms. The van der Waals surface area contributed by atoms with Crippen LogP contribution in [0.4, 0.5) is 0 Å². The number of nitrogens with zero attached hydrogens (tertiary/aromatic N) is 2. The lowest BCUT2D eigenvalue weighted by Gasteiger charge is -2.20. The van der Waals surface area contributed by atoms with Crippen molar-refractivity contribution < 1.29 is 27.6 Å². The molecule has 0 unspecified atom stereocenters. The summed E-state index contributed by atoms with van der Waals surface area (Å²) < 4.78 is 30.0. The Kier molecular flexibility index (Phi) is 7.13. The second kappa shape index (κ2) is 9.11. The minimum atomic E-state index is -3.78. The summed E-state index contributed by atoms with van der Waals surface area (Å²) in [6.07, 6.45) is 4.14. The predicted octanol–water partition coefficient (Wildman–Crippen LogP) is 1.43. The molecule has 0 atom stereocenters. The van der Waals surface area contributed by atoms with Gasteiger partial charge in [-0.2, -0.15) is 0 Å². The first-order valence-corrected chi connectivity index (χ1v) is 9.88. The van der Waals surface area contributed by atoms with E-state index >= 15 is 0 Å². The van der Waals surface area contributed by atoms with E-state index in [0.29, 0.717) is 13.1 Å². The number of sulfonamides is 1. The van der Waals surface area contributed by atoms with Gasteiger partial charge in [-0.25, -0.2) is 13.2 Å². The number of benzene rings is 1. The number of ether oxygens (including phenoxy) is 1. The number of carbonyl (C=O) groups excluding carboxylic acids is 2. The number of esters is 1. The van der Waals surface area contributed by atoms with Crippen LogP contribution in [0, 0.1) is 0 Å². The molecule has 1 aromatic carbocycles. The van der Waals surface area contributed by atoms with Gasteiger partial charge in [0.05, 0.1) is 17.6 Å². The van der Waals surface area contributed by atoms with Gasteiger partial charge in [0, 0.05) is 20.1 Å². The summed E-state index contributed by atoms with van der Waals surface area (Å²) in [6.45, 7) is 1.07. The smallest absolute Gasteiger partial charge is 0.338 e. The van der Waals surface area contributed by atoms with Crippen LogP contribution >= 0.6 is 0 Å². The number of hydroxylamine groups is 1. The Bertz CT molecular complexity index is 724. The van der Waals surface area contributed by atoms with E-state index in [1.165, 1.54) is 38.4 Å². The minimum absolute atomic E-state index is 0.0148. The van der Waals surface area contributed by atoms with Gasteiger partial charge in [-0.3, -0.25) is 9.63 Å². The molecule has 0 saturated carbocycles. The van der Waals surface area contributed by atoms with E-state index in [4.69, 9.17) is 9.57 Å². The second-order valence-corrected chi connectivity index (χ2v) is 7.93. The highest BCUT2D eigenvalue weighted by Gasteiger charge is 2.22. The van der Waals surface area contributed by atoms with Gasteiger partial charge in [-0.05, 0) is 37.1 Å². The predicted molar refractivity (Wildman–Crippen MR) is 93.7 cm³/mol. The van der Waals surface area contributed by atoms with E-state index in [9.17, 15) is 18.0 Å². The van der Waals surface area contributed by atoms with Crippen molar-refractivity contribution in [2.45, 2.75) is 30.6 Å². The molecular formula is C17H24N2O6S. The Morgan fingerprint density at radius 3 is 2.19 bits per heavy atom. The molecule has 0 radical (unpaired) electrons. The molecule has 1 aliphatic rings. The summed E-state index contributed by atoms with van der Waals surface area (Å²) in [6, 6.07) is 5.26. The molecule has 8 nitrogen and oxygen atoms in total. The van der Waals surface area contributed by atoms with Crippen LogP contribution in [0.5, 0.6) is 0 Å². The maximum Gasteiger partial charge on any atom is 0.338 e. The molecular weight excluding hydrogens is 360 g/mol. The quantitative estimate of drug-likeness (QED) is 0.544. The highest BCUT2D eigenvalue weighted by molar-refractivity contribution is 7.89. The van der Waals surface area contributed by atoms with Crippen molar-refractivity contribution in [2.75, 3.05) is 33.9 Å². The Labute approximate surface area is 153 Å². The van der Waals surface area contributed by atoms with E-state index in [0.717, 1.165) is 30.2 Å². The molecule has 1 aliphatic heterocycles. The van der Waals surface area contributed by atoms with Gasteiger partial charge in [0.15, 0.2) is 6.61 Å². The van der Waals surface area contributed by atoms with Gasteiger partial charge >= 0.3 is 5.97 Å². The van der Waals surface area contributed by atoms with Crippen LogP contribution in [0.1, 0.15) is 36.0 Å². The largest absolute Gasteiger partial charge is 0.452 e. The highest BCUT2D eigenvalue weighted by Crippen LogP contribution is 2.16. The minimum Gasteiger partial charge on any atom is -0.452 e. The third-order valence-electron chi connectivity index (χ3n) is 4.27. The lowest BCUT2D eigenvalue weighted by Crippen LogP contribution is -2.35. The number of hydrogen-bond donors (Lipinski definition) is 0. The SMILES string of the molecule is CON(C)S(=O)(=O)c1ccc(C(=O)OCC(=O)N2CCCCCC2)cc1. The number of amides is 1. The van der Waals surface area contributed by atoms with Crippen molar-refractivity contribution in [2.24, 2.45) is 0 Å². The Hall–Kier alpha value is -1.97. The molecule has 2 rings (SSSR count). The lowest BCUT2D eigenvalue weighted by molar-refractivity contribution is -0.134. The van der Waals surface area contributed by atoms with Gasteiger partial charge in [-0.1, -0.05) is 17.3 Å². The lowest BCUT2D eigenvalue weighted by atomic mass is 10.2. The molecule has 9 heteroatoms. The van der Waals surface area contributed by atoms with Gasteiger partial charge in [0.1, 0.15) is 0 Å². The number of likely N-dealkylation sites (tertiary alicyclic amines) is 1. The van der Waals surface area contributed by atoms with Crippen LogP contribution in [-0.4, -0.2) is 63.5 Å². The normalized spacial score (nSPS) is 15.6. The van der Waals surface area contributed by atoms with E-state index in [1.807, 2.05) is 0 Å². The molecule has 1 heterocycles. The van der Waals surface area contributed by atoms with Gasteiger partial charge < -0.3 is 9.64 Å². The monoisotopic (exact) mass is 384 g/mol. The molecule has 0 N–H and O–H groups in total. The standard InChI is InChI=1S/C17H24N2O6S/c1-18(24-2)26(22,23)15-9-7-14(8-10-15)17(21)25-13-16(20)19-11-5-3-4-6-12-19/h7-10H,3-6,11-13H2,1-2H3. The average Bonchev–Trinajstić information content (AvgIpc) is 2.94. The van der Waals surface area contributed by atoms with Crippen LogP contribution in [0.2, 0.25) is 0 Å². The van der Waals surface area contributed by atoms with E-state index in [1.54, 1.807) is 4.90 Å². The molecule has 144 valence electrons. The van der Waals surface area contributed by atoms with E-state index in [-0.39, 0.29) is 23.0 Å². The highest BCUT2D eigenvalue weighted by atomic mass is 32.2. The van der Waals surface area contributed by atoms with Crippen LogP contribution in [0.15, 0.2) is 29.2 Å². The third kappa shape index (κ3) is 5.03. The zero-order valence-electron chi connectivity index (χ0n) is 15.0. The number of carbonyl (C=O) groups is 2. The maximum absolute atomic E-state index is 12.1. The first-order chi connectivity index (χ1) is 12.4. The van der Waals surface area contributed by atoms with Crippen LogP contribution in [0.25, 0.3) is 0 Å². The number of rotatable bonds is 6. The average molecular weight is 384 g/mol. The Morgan fingerprint density at radius 1 is 1.08 bits per heavy atom. The summed E-state index contributed by atoms with van der Waals surface area (Å²) >= 11 is 0. The molecule has 1 fully saturated rings. The summed E-state index contributed by atoms with van der Waals surface area (Å²) in [5.74, 6) is -0.876. The topological polar surface area (TPSA) is 93.2 Å². The van der Waals surface area contributed by atoms with E-state index < -0.39 is 16.0 Å². The molecule has 1 aromatic rings. The molecule has 0 bridgehead atoms. The van der Waals surface area contributed by atoms with Crippen LogP contribution in [-0.2, 0) is 24.4 Å². The third-order valence-corrected chi connectivity index (χ3v) is 5.96.